The predicted octanol–water partition coefficient (Wildman–Crippen LogP) is 4.12. The van der Waals surface area contributed by atoms with Crippen molar-refractivity contribution in [1.29, 1.82) is 0 Å². The summed E-state index contributed by atoms with van der Waals surface area (Å²) in [7, 11) is 1.31. The number of carbonyl (C=O) groups excluding carboxylic acids is 2. The normalized spacial score (nSPS) is 11.8. The van der Waals surface area contributed by atoms with Gasteiger partial charge in [-0.05, 0) is 43.9 Å². The van der Waals surface area contributed by atoms with Crippen LogP contribution in [0.5, 0.6) is 0 Å². The second-order valence-corrected chi connectivity index (χ2v) is 7.13. The Hall–Kier alpha value is -2.04. The Morgan fingerprint density at radius 1 is 1.05 bits per heavy atom. The molecule has 22 heavy (non-hydrogen) atoms. The summed E-state index contributed by atoms with van der Waals surface area (Å²) in [6.07, 6.45) is -0.610. The fourth-order valence-electron chi connectivity index (χ4n) is 1.81. The number of rotatable bonds is 2. The second kappa shape index (κ2) is 6.38. The Labute approximate surface area is 132 Å². The van der Waals surface area contributed by atoms with E-state index in [4.69, 9.17) is 9.47 Å². The van der Waals surface area contributed by atoms with Crippen LogP contribution in [0.1, 0.15) is 57.5 Å². The van der Waals surface area contributed by atoms with E-state index in [1.165, 1.54) is 7.11 Å². The van der Waals surface area contributed by atoms with Gasteiger partial charge in [0, 0.05) is 0 Å². The fourth-order valence-corrected chi connectivity index (χ4v) is 1.81. The molecular weight excluding hydrogens is 282 g/mol. The molecule has 0 aromatic heterocycles. The molecule has 0 heterocycles. The number of esters is 1. The molecule has 1 rings (SSSR count). The van der Waals surface area contributed by atoms with E-state index in [1.54, 1.807) is 32.9 Å². The summed E-state index contributed by atoms with van der Waals surface area (Å²) in [4.78, 5) is 23.9. The maximum absolute atomic E-state index is 12.0. The highest BCUT2D eigenvalue weighted by Gasteiger charge is 2.22. The van der Waals surface area contributed by atoms with Crippen LogP contribution in [-0.2, 0) is 14.9 Å². The van der Waals surface area contributed by atoms with Crippen LogP contribution in [0, 0.1) is 0 Å². The molecule has 0 bridgehead atoms. The third-order valence-corrected chi connectivity index (χ3v) is 2.93. The molecule has 0 saturated carbocycles. The van der Waals surface area contributed by atoms with E-state index in [0.29, 0.717) is 11.3 Å². The molecule has 0 aliphatic rings. The van der Waals surface area contributed by atoms with Crippen LogP contribution in [0.15, 0.2) is 18.2 Å². The number of methoxy groups -OCH3 is 1. The third kappa shape index (κ3) is 5.06. The molecule has 122 valence electrons. The third-order valence-electron chi connectivity index (χ3n) is 2.93. The van der Waals surface area contributed by atoms with Crippen LogP contribution >= 0.6 is 0 Å². The SMILES string of the molecule is COC(=O)c1cc(C(C)(C)C)ccc1NC(=O)OC(C)(C)C. The first-order valence-corrected chi connectivity index (χ1v) is 7.17. The average molecular weight is 307 g/mol. The zero-order valence-electron chi connectivity index (χ0n) is 14.4. The molecule has 1 aromatic carbocycles. The van der Waals surface area contributed by atoms with Crippen molar-refractivity contribution < 1.29 is 19.1 Å². The first kappa shape index (κ1) is 18.0. The summed E-state index contributed by atoms with van der Waals surface area (Å²) in [6, 6.07) is 5.30. The van der Waals surface area contributed by atoms with E-state index in [0.717, 1.165) is 5.56 Å². The van der Waals surface area contributed by atoms with E-state index < -0.39 is 17.7 Å². The van der Waals surface area contributed by atoms with Crippen molar-refractivity contribution in [2.45, 2.75) is 52.6 Å². The zero-order valence-corrected chi connectivity index (χ0v) is 14.4. The van der Waals surface area contributed by atoms with Gasteiger partial charge in [0.1, 0.15) is 5.60 Å². The highest BCUT2D eigenvalue weighted by atomic mass is 16.6. The minimum atomic E-state index is -0.610. The smallest absolute Gasteiger partial charge is 0.412 e. The van der Waals surface area contributed by atoms with Crippen molar-refractivity contribution in [3.63, 3.8) is 0 Å². The summed E-state index contributed by atoms with van der Waals surface area (Å²) >= 11 is 0. The van der Waals surface area contributed by atoms with Crippen molar-refractivity contribution in [3.8, 4) is 0 Å². The first-order valence-electron chi connectivity index (χ1n) is 7.17. The molecule has 0 unspecified atom stereocenters. The summed E-state index contributed by atoms with van der Waals surface area (Å²) in [5.41, 5.74) is 0.922. The number of hydrogen-bond acceptors (Lipinski definition) is 4. The predicted molar refractivity (Wildman–Crippen MR) is 86.3 cm³/mol. The minimum absolute atomic E-state index is 0.118. The number of hydrogen-bond donors (Lipinski definition) is 1. The highest BCUT2D eigenvalue weighted by Crippen LogP contribution is 2.27. The van der Waals surface area contributed by atoms with Gasteiger partial charge in [-0.15, -0.1) is 0 Å². The Kier molecular flexibility index (Phi) is 5.22. The van der Waals surface area contributed by atoms with Gasteiger partial charge < -0.3 is 9.47 Å². The van der Waals surface area contributed by atoms with Crippen LogP contribution in [0.25, 0.3) is 0 Å². The lowest BCUT2D eigenvalue weighted by Gasteiger charge is -2.22. The Morgan fingerprint density at radius 2 is 1.64 bits per heavy atom. The standard InChI is InChI=1S/C17H25NO4/c1-16(2,3)11-8-9-13(12(10-11)14(19)21-7)18-15(20)22-17(4,5)6/h8-10H,1-7H3,(H,18,20). The Bertz CT molecular complexity index is 565. The molecule has 0 aliphatic carbocycles. The number of carbonyl (C=O) groups is 2. The van der Waals surface area contributed by atoms with Gasteiger partial charge in [0.15, 0.2) is 0 Å². The van der Waals surface area contributed by atoms with Gasteiger partial charge in [-0.3, -0.25) is 5.32 Å². The fraction of sp³-hybridized carbons (Fsp3) is 0.529. The summed E-state index contributed by atoms with van der Waals surface area (Å²) in [6.45, 7) is 11.5. The molecule has 5 nitrogen and oxygen atoms in total. The van der Waals surface area contributed by atoms with E-state index >= 15 is 0 Å². The molecule has 5 heteroatoms. The summed E-state index contributed by atoms with van der Waals surface area (Å²) < 4.78 is 10.0. The molecule has 0 radical (unpaired) electrons. The molecule has 0 saturated heterocycles. The Morgan fingerprint density at radius 3 is 2.09 bits per heavy atom. The average Bonchev–Trinajstić information content (AvgIpc) is 2.34. The number of amides is 1. The topological polar surface area (TPSA) is 64.6 Å². The van der Waals surface area contributed by atoms with Crippen molar-refractivity contribution in [1.82, 2.24) is 0 Å². The van der Waals surface area contributed by atoms with Gasteiger partial charge >= 0.3 is 12.1 Å². The largest absolute Gasteiger partial charge is 0.465 e. The van der Waals surface area contributed by atoms with Crippen LogP contribution in [0.4, 0.5) is 10.5 Å². The van der Waals surface area contributed by atoms with E-state index in [1.807, 2.05) is 26.8 Å². The molecule has 0 aliphatic heterocycles. The monoisotopic (exact) mass is 307 g/mol. The maximum Gasteiger partial charge on any atom is 0.412 e. The lowest BCUT2D eigenvalue weighted by molar-refractivity contribution is 0.0601. The number of benzene rings is 1. The Balaban J connectivity index is 3.14. The molecule has 0 atom stereocenters. The van der Waals surface area contributed by atoms with Crippen molar-refractivity contribution >= 4 is 17.7 Å². The van der Waals surface area contributed by atoms with Gasteiger partial charge in [0.05, 0.1) is 18.4 Å². The van der Waals surface area contributed by atoms with Gasteiger partial charge in [0.2, 0.25) is 0 Å². The summed E-state index contributed by atoms with van der Waals surface area (Å²) in [5, 5.41) is 2.60. The van der Waals surface area contributed by atoms with Crippen LogP contribution in [0.2, 0.25) is 0 Å². The molecule has 0 spiro atoms. The van der Waals surface area contributed by atoms with Gasteiger partial charge in [0.25, 0.3) is 0 Å². The lowest BCUT2D eigenvalue weighted by atomic mass is 9.86. The van der Waals surface area contributed by atoms with E-state index in [-0.39, 0.29) is 5.41 Å². The second-order valence-electron chi connectivity index (χ2n) is 7.13. The molecule has 1 aromatic rings. The van der Waals surface area contributed by atoms with E-state index in [9.17, 15) is 9.59 Å². The molecule has 0 fully saturated rings. The van der Waals surface area contributed by atoms with Gasteiger partial charge in [-0.2, -0.15) is 0 Å². The molecular formula is C17H25NO4. The van der Waals surface area contributed by atoms with Crippen LogP contribution in [0.3, 0.4) is 0 Å². The van der Waals surface area contributed by atoms with Gasteiger partial charge in [-0.25, -0.2) is 9.59 Å². The van der Waals surface area contributed by atoms with Crippen LogP contribution < -0.4 is 5.32 Å². The van der Waals surface area contributed by atoms with Gasteiger partial charge in [-0.1, -0.05) is 26.8 Å². The van der Waals surface area contributed by atoms with Crippen molar-refractivity contribution in [2.24, 2.45) is 0 Å². The molecule has 1 amide bonds. The zero-order chi connectivity index (χ0) is 17.1. The molecule has 1 N–H and O–H groups in total. The quantitative estimate of drug-likeness (QED) is 0.835. The lowest BCUT2D eigenvalue weighted by Crippen LogP contribution is -2.28. The summed E-state index contributed by atoms with van der Waals surface area (Å²) in [5.74, 6) is -0.503. The first-order chi connectivity index (χ1) is 9.94. The maximum atomic E-state index is 12.0. The minimum Gasteiger partial charge on any atom is -0.465 e. The number of nitrogens with one attached hydrogen (secondary N) is 1. The van der Waals surface area contributed by atoms with E-state index in [2.05, 4.69) is 5.32 Å². The van der Waals surface area contributed by atoms with Crippen molar-refractivity contribution in [2.75, 3.05) is 12.4 Å². The highest BCUT2D eigenvalue weighted by molar-refractivity contribution is 6.00. The van der Waals surface area contributed by atoms with Crippen LogP contribution in [-0.4, -0.2) is 24.8 Å². The number of ether oxygens (including phenoxy) is 2. The van der Waals surface area contributed by atoms with Crippen molar-refractivity contribution in [3.05, 3.63) is 29.3 Å². The number of anilines is 1.